The van der Waals surface area contributed by atoms with Gasteiger partial charge >= 0.3 is 0 Å². The number of halogens is 1. The largest absolute Gasteiger partial charge is 0.351 e. The van der Waals surface area contributed by atoms with Crippen LogP contribution in [0.1, 0.15) is 18.4 Å². The Morgan fingerprint density at radius 3 is 2.86 bits per heavy atom. The molecule has 0 radical (unpaired) electrons. The van der Waals surface area contributed by atoms with Gasteiger partial charge in [0.05, 0.1) is 0 Å². The van der Waals surface area contributed by atoms with Crippen molar-refractivity contribution < 1.29 is 4.39 Å². The molecule has 3 heteroatoms. The first-order valence-electron chi connectivity index (χ1n) is 5.13. The molecule has 0 amide bonds. The molecule has 1 aliphatic carbocycles. The van der Waals surface area contributed by atoms with Crippen molar-refractivity contribution in [1.29, 1.82) is 0 Å². The molecular weight excluding hydrogens is 179 g/mol. The molecule has 3 fully saturated rings. The number of aryl methyl sites for hydroxylation is 1. The summed E-state index contributed by atoms with van der Waals surface area (Å²) < 4.78 is 13.6. The first kappa shape index (κ1) is 8.21. The van der Waals surface area contributed by atoms with E-state index < -0.39 is 0 Å². The SMILES string of the molecule is Cc1cnc(N2CC3CC2C3)c(F)c1. The average molecular weight is 192 g/mol. The molecule has 0 spiro atoms. The van der Waals surface area contributed by atoms with Crippen molar-refractivity contribution in [3.05, 3.63) is 23.6 Å². The molecule has 0 aromatic carbocycles. The van der Waals surface area contributed by atoms with E-state index in [0.29, 0.717) is 11.9 Å². The van der Waals surface area contributed by atoms with Gasteiger partial charge in [-0.15, -0.1) is 0 Å². The second-order valence-electron chi connectivity index (χ2n) is 4.46. The fourth-order valence-electron chi connectivity index (χ4n) is 2.53. The lowest BCUT2D eigenvalue weighted by Gasteiger charge is -2.26. The number of pyridine rings is 1. The Bertz CT molecular complexity index is 372. The number of nitrogens with zero attached hydrogens (tertiary/aromatic N) is 2. The summed E-state index contributed by atoms with van der Waals surface area (Å²) in [6.45, 7) is 2.86. The maximum atomic E-state index is 13.6. The van der Waals surface area contributed by atoms with E-state index in [1.54, 1.807) is 12.3 Å². The van der Waals surface area contributed by atoms with Crippen LogP contribution in [0, 0.1) is 18.7 Å². The third-order valence-electron chi connectivity index (χ3n) is 3.34. The molecule has 3 heterocycles. The van der Waals surface area contributed by atoms with Gasteiger partial charge in [-0.2, -0.15) is 0 Å². The number of aromatic nitrogens is 1. The van der Waals surface area contributed by atoms with E-state index in [4.69, 9.17) is 0 Å². The molecule has 1 aromatic heterocycles. The highest BCUT2D eigenvalue weighted by atomic mass is 19.1. The zero-order chi connectivity index (χ0) is 9.71. The maximum absolute atomic E-state index is 13.6. The fraction of sp³-hybridized carbons (Fsp3) is 0.545. The minimum absolute atomic E-state index is 0.169. The topological polar surface area (TPSA) is 16.1 Å². The number of rotatable bonds is 1. The Labute approximate surface area is 82.8 Å². The van der Waals surface area contributed by atoms with Crippen molar-refractivity contribution >= 4 is 5.82 Å². The monoisotopic (exact) mass is 192 g/mol. The molecule has 4 rings (SSSR count). The van der Waals surface area contributed by atoms with Crippen LogP contribution < -0.4 is 4.90 Å². The van der Waals surface area contributed by atoms with Gasteiger partial charge in [-0.05, 0) is 37.3 Å². The van der Waals surface area contributed by atoms with Crippen LogP contribution in [0.2, 0.25) is 0 Å². The van der Waals surface area contributed by atoms with Crippen molar-refractivity contribution in [2.75, 3.05) is 11.4 Å². The van der Waals surface area contributed by atoms with Gasteiger partial charge in [-0.3, -0.25) is 0 Å². The average Bonchev–Trinajstić information content (AvgIpc) is 2.60. The zero-order valence-electron chi connectivity index (χ0n) is 8.20. The summed E-state index contributed by atoms with van der Waals surface area (Å²) in [5.41, 5.74) is 0.887. The molecule has 74 valence electrons. The molecule has 1 aromatic rings. The van der Waals surface area contributed by atoms with Gasteiger partial charge in [0.15, 0.2) is 11.6 Å². The van der Waals surface area contributed by atoms with Gasteiger partial charge in [0, 0.05) is 18.8 Å². The van der Waals surface area contributed by atoms with Gasteiger partial charge in [0.1, 0.15) is 0 Å². The summed E-state index contributed by atoms with van der Waals surface area (Å²) in [6, 6.07) is 2.13. The fourth-order valence-corrected chi connectivity index (χ4v) is 2.53. The minimum atomic E-state index is -0.169. The highest BCUT2D eigenvalue weighted by Crippen LogP contribution is 2.43. The standard InChI is InChI=1S/C11H13FN2/c1-7-2-10(12)11(13-5-7)14-6-8-3-9(14)4-8/h2,5,8-9H,3-4,6H2,1H3. The van der Waals surface area contributed by atoms with Crippen LogP contribution in [0.5, 0.6) is 0 Å². The molecule has 2 nitrogen and oxygen atoms in total. The summed E-state index contributed by atoms with van der Waals surface area (Å²) >= 11 is 0. The summed E-state index contributed by atoms with van der Waals surface area (Å²) in [4.78, 5) is 6.31. The van der Waals surface area contributed by atoms with Crippen LogP contribution in [0.15, 0.2) is 12.3 Å². The van der Waals surface area contributed by atoms with E-state index in [2.05, 4.69) is 9.88 Å². The van der Waals surface area contributed by atoms with Crippen LogP contribution in [0.25, 0.3) is 0 Å². The first-order chi connectivity index (χ1) is 6.74. The molecular formula is C11H13FN2. The van der Waals surface area contributed by atoms with E-state index in [9.17, 15) is 4.39 Å². The Morgan fingerprint density at radius 1 is 1.50 bits per heavy atom. The van der Waals surface area contributed by atoms with Crippen molar-refractivity contribution in [2.45, 2.75) is 25.8 Å². The number of hydrogen-bond acceptors (Lipinski definition) is 2. The smallest absolute Gasteiger partial charge is 0.165 e. The van der Waals surface area contributed by atoms with Crippen LogP contribution in [0.4, 0.5) is 10.2 Å². The zero-order valence-corrected chi connectivity index (χ0v) is 8.20. The molecule has 2 aliphatic heterocycles. The second-order valence-corrected chi connectivity index (χ2v) is 4.46. The summed E-state index contributed by atoms with van der Waals surface area (Å²) in [6.07, 6.45) is 4.21. The molecule has 14 heavy (non-hydrogen) atoms. The first-order valence-corrected chi connectivity index (χ1v) is 5.13. The van der Waals surface area contributed by atoms with Crippen LogP contribution >= 0.6 is 0 Å². The maximum Gasteiger partial charge on any atom is 0.165 e. The molecule has 1 saturated carbocycles. The quantitative estimate of drug-likeness (QED) is 0.677. The lowest BCUT2D eigenvalue weighted by atomic mass is 9.86. The van der Waals surface area contributed by atoms with Crippen molar-refractivity contribution in [3.63, 3.8) is 0 Å². The van der Waals surface area contributed by atoms with E-state index in [1.165, 1.54) is 12.8 Å². The van der Waals surface area contributed by atoms with Gasteiger partial charge < -0.3 is 4.90 Å². The molecule has 0 atom stereocenters. The van der Waals surface area contributed by atoms with Crippen LogP contribution in [0.3, 0.4) is 0 Å². The van der Waals surface area contributed by atoms with E-state index in [1.807, 2.05) is 6.92 Å². The van der Waals surface area contributed by atoms with Crippen molar-refractivity contribution in [1.82, 2.24) is 4.98 Å². The Kier molecular flexibility index (Phi) is 1.58. The van der Waals surface area contributed by atoms with Crippen molar-refractivity contribution in [2.24, 2.45) is 5.92 Å². The molecule has 0 unspecified atom stereocenters. The van der Waals surface area contributed by atoms with E-state index in [-0.39, 0.29) is 5.82 Å². The minimum Gasteiger partial charge on any atom is -0.351 e. The highest BCUT2D eigenvalue weighted by molar-refractivity contribution is 5.45. The van der Waals surface area contributed by atoms with Crippen LogP contribution in [-0.2, 0) is 0 Å². The molecule has 2 bridgehead atoms. The Balaban J connectivity index is 1.96. The Morgan fingerprint density at radius 2 is 2.29 bits per heavy atom. The predicted molar refractivity (Wildman–Crippen MR) is 52.8 cm³/mol. The number of anilines is 1. The van der Waals surface area contributed by atoms with Gasteiger partial charge in [-0.25, -0.2) is 9.37 Å². The van der Waals surface area contributed by atoms with Crippen molar-refractivity contribution in [3.8, 4) is 0 Å². The summed E-state index contributed by atoms with van der Waals surface area (Å²) in [7, 11) is 0. The van der Waals surface area contributed by atoms with E-state index >= 15 is 0 Å². The van der Waals surface area contributed by atoms with E-state index in [0.717, 1.165) is 18.0 Å². The predicted octanol–water partition coefficient (Wildman–Crippen LogP) is 2.13. The summed E-state index contributed by atoms with van der Waals surface area (Å²) in [5, 5.41) is 0. The second kappa shape index (κ2) is 2.69. The van der Waals surface area contributed by atoms with Gasteiger partial charge in [0.2, 0.25) is 0 Å². The number of fused-ring (bicyclic) bond motifs is 1. The molecule has 3 aliphatic rings. The number of hydrogen-bond donors (Lipinski definition) is 0. The van der Waals surface area contributed by atoms with Gasteiger partial charge in [-0.1, -0.05) is 0 Å². The molecule has 0 N–H and O–H groups in total. The Hall–Kier alpha value is -1.12. The van der Waals surface area contributed by atoms with Gasteiger partial charge in [0.25, 0.3) is 0 Å². The lowest BCUT2D eigenvalue weighted by molar-refractivity contribution is 0.380. The third-order valence-corrected chi connectivity index (χ3v) is 3.34. The van der Waals surface area contributed by atoms with Crippen LogP contribution in [-0.4, -0.2) is 17.6 Å². The summed E-state index contributed by atoms with van der Waals surface area (Å²) in [5.74, 6) is 1.18. The molecule has 2 saturated heterocycles. The normalized spacial score (nSPS) is 29.1. The lowest BCUT2D eigenvalue weighted by Crippen LogP contribution is -2.29. The third kappa shape index (κ3) is 1.04. The highest BCUT2D eigenvalue weighted by Gasteiger charge is 2.43.